The van der Waals surface area contributed by atoms with E-state index in [-0.39, 0.29) is 23.5 Å². The van der Waals surface area contributed by atoms with Crippen LogP contribution in [0.25, 0.3) is 0 Å². The third-order valence-corrected chi connectivity index (χ3v) is 5.82. The van der Waals surface area contributed by atoms with E-state index in [9.17, 15) is 18.0 Å². The number of nitrogens with zero attached hydrogens (tertiary/aromatic N) is 1. The molecule has 1 aromatic rings. The van der Waals surface area contributed by atoms with Gasteiger partial charge in [-0.1, -0.05) is 6.07 Å². The molecule has 1 atom stereocenters. The Morgan fingerprint density at radius 1 is 1.30 bits per heavy atom. The summed E-state index contributed by atoms with van der Waals surface area (Å²) in [5.74, 6) is 0.190. The molecular weight excluding hydrogens is 318 g/mol. The molecule has 8 heteroatoms. The van der Waals surface area contributed by atoms with Crippen LogP contribution < -0.4 is 15.5 Å². The van der Waals surface area contributed by atoms with Crippen LogP contribution in [0.2, 0.25) is 0 Å². The molecule has 2 fully saturated rings. The molecule has 2 aliphatic rings. The van der Waals surface area contributed by atoms with E-state index in [0.29, 0.717) is 25.1 Å². The Balaban J connectivity index is 1.61. The molecule has 0 unspecified atom stereocenters. The number of urea groups is 1. The van der Waals surface area contributed by atoms with E-state index >= 15 is 0 Å². The van der Waals surface area contributed by atoms with Crippen molar-refractivity contribution in [1.82, 2.24) is 5.32 Å². The van der Waals surface area contributed by atoms with Gasteiger partial charge in [0.15, 0.2) is 9.84 Å². The number of rotatable bonds is 3. The van der Waals surface area contributed by atoms with Crippen LogP contribution in [0.3, 0.4) is 0 Å². The van der Waals surface area contributed by atoms with E-state index in [1.807, 2.05) is 6.07 Å². The summed E-state index contributed by atoms with van der Waals surface area (Å²) in [6, 6.07) is 6.30. The summed E-state index contributed by atoms with van der Waals surface area (Å²) in [4.78, 5) is 25.4. The molecule has 0 radical (unpaired) electrons. The Bertz CT molecular complexity index is 732. The lowest BCUT2D eigenvalue weighted by atomic mass is 10.2. The van der Waals surface area contributed by atoms with Crippen molar-refractivity contribution in [2.75, 3.05) is 28.3 Å². The number of hydrogen-bond acceptors (Lipinski definition) is 4. The second-order valence-electron chi connectivity index (χ2n) is 5.90. The van der Waals surface area contributed by atoms with E-state index in [4.69, 9.17) is 0 Å². The van der Waals surface area contributed by atoms with Gasteiger partial charge in [0.1, 0.15) is 0 Å². The van der Waals surface area contributed by atoms with E-state index < -0.39 is 15.9 Å². The van der Waals surface area contributed by atoms with Crippen LogP contribution in [0.1, 0.15) is 19.3 Å². The van der Waals surface area contributed by atoms with Crippen molar-refractivity contribution in [2.24, 2.45) is 0 Å². The Morgan fingerprint density at radius 2 is 2.13 bits per heavy atom. The van der Waals surface area contributed by atoms with E-state index in [2.05, 4.69) is 10.6 Å². The summed E-state index contributed by atoms with van der Waals surface area (Å²) in [5.41, 5.74) is 1.33. The molecule has 3 rings (SSSR count). The smallest absolute Gasteiger partial charge is 0.319 e. The summed E-state index contributed by atoms with van der Waals surface area (Å²) in [6.45, 7) is 0.689. The van der Waals surface area contributed by atoms with Crippen molar-refractivity contribution in [3.63, 3.8) is 0 Å². The van der Waals surface area contributed by atoms with Crippen LogP contribution in [-0.2, 0) is 14.6 Å². The summed E-state index contributed by atoms with van der Waals surface area (Å²) in [7, 11) is -3.02. The zero-order valence-corrected chi connectivity index (χ0v) is 13.4. The van der Waals surface area contributed by atoms with Crippen molar-refractivity contribution in [3.05, 3.63) is 24.3 Å². The quantitative estimate of drug-likeness (QED) is 0.864. The highest BCUT2D eigenvalue weighted by Crippen LogP contribution is 2.24. The highest BCUT2D eigenvalue weighted by Gasteiger charge is 2.29. The first-order chi connectivity index (χ1) is 10.9. The van der Waals surface area contributed by atoms with Gasteiger partial charge >= 0.3 is 6.03 Å². The normalized spacial score (nSPS) is 23.0. The van der Waals surface area contributed by atoms with Gasteiger partial charge in [-0.15, -0.1) is 0 Å². The van der Waals surface area contributed by atoms with Crippen molar-refractivity contribution in [1.29, 1.82) is 0 Å². The first kappa shape index (κ1) is 15.8. The van der Waals surface area contributed by atoms with Gasteiger partial charge in [0.25, 0.3) is 0 Å². The molecule has 2 aliphatic heterocycles. The number of hydrogen-bond donors (Lipinski definition) is 2. The zero-order valence-electron chi connectivity index (χ0n) is 12.6. The van der Waals surface area contributed by atoms with Crippen LogP contribution >= 0.6 is 0 Å². The fraction of sp³-hybridized carbons (Fsp3) is 0.467. The van der Waals surface area contributed by atoms with Crippen LogP contribution in [0.4, 0.5) is 16.2 Å². The van der Waals surface area contributed by atoms with Crippen LogP contribution in [0.15, 0.2) is 24.3 Å². The molecule has 2 N–H and O–H groups in total. The predicted octanol–water partition coefficient (Wildman–Crippen LogP) is 1.12. The average Bonchev–Trinajstić information content (AvgIpc) is 3.04. The second kappa shape index (κ2) is 6.19. The van der Waals surface area contributed by atoms with Crippen molar-refractivity contribution >= 4 is 33.2 Å². The zero-order chi connectivity index (χ0) is 16.4. The minimum atomic E-state index is -3.02. The molecule has 124 valence electrons. The van der Waals surface area contributed by atoms with Gasteiger partial charge in [0.05, 0.1) is 11.5 Å². The van der Waals surface area contributed by atoms with Crippen molar-refractivity contribution in [3.8, 4) is 0 Å². The molecule has 0 bridgehead atoms. The molecule has 0 aliphatic carbocycles. The van der Waals surface area contributed by atoms with Crippen molar-refractivity contribution < 1.29 is 18.0 Å². The number of carbonyl (C=O) groups excluding carboxylic acids is 2. The molecule has 23 heavy (non-hydrogen) atoms. The minimum Gasteiger partial charge on any atom is -0.334 e. The second-order valence-corrected chi connectivity index (χ2v) is 8.13. The summed E-state index contributed by atoms with van der Waals surface area (Å²) in [5, 5.41) is 5.36. The highest BCUT2D eigenvalue weighted by molar-refractivity contribution is 7.91. The van der Waals surface area contributed by atoms with E-state index in [0.717, 1.165) is 12.1 Å². The fourth-order valence-electron chi connectivity index (χ4n) is 2.93. The number of benzene rings is 1. The maximum absolute atomic E-state index is 12.0. The summed E-state index contributed by atoms with van der Waals surface area (Å²) < 4.78 is 22.8. The molecular formula is C15H19N3O4S. The summed E-state index contributed by atoms with van der Waals surface area (Å²) >= 11 is 0. The monoisotopic (exact) mass is 337 g/mol. The van der Waals surface area contributed by atoms with Crippen molar-refractivity contribution in [2.45, 2.75) is 25.3 Å². The van der Waals surface area contributed by atoms with Crippen LogP contribution in [0, 0.1) is 0 Å². The van der Waals surface area contributed by atoms with Gasteiger partial charge < -0.3 is 15.5 Å². The molecule has 0 saturated carbocycles. The van der Waals surface area contributed by atoms with E-state index in [1.165, 1.54) is 0 Å². The predicted molar refractivity (Wildman–Crippen MR) is 87.2 cm³/mol. The fourth-order valence-corrected chi connectivity index (χ4v) is 4.61. The molecule has 3 amide bonds. The Kier molecular flexibility index (Phi) is 4.25. The van der Waals surface area contributed by atoms with Gasteiger partial charge in [-0.05, 0) is 31.0 Å². The van der Waals surface area contributed by atoms with Gasteiger partial charge in [-0.2, -0.15) is 0 Å². The molecule has 2 saturated heterocycles. The highest BCUT2D eigenvalue weighted by atomic mass is 32.2. The van der Waals surface area contributed by atoms with Gasteiger partial charge in [-0.25, -0.2) is 13.2 Å². The van der Waals surface area contributed by atoms with Crippen LogP contribution in [-0.4, -0.2) is 44.4 Å². The van der Waals surface area contributed by atoms with Gasteiger partial charge in [0, 0.05) is 30.4 Å². The number of sulfone groups is 1. The standard InChI is InChI=1S/C15H19N3O4S/c19-14-5-2-7-18(14)13-4-1-3-11(9-13)16-15(20)17-12-6-8-23(21,22)10-12/h1,3-4,9,12H,2,5-8,10H2,(H2,16,17,20)/t12-/m1/s1. The average molecular weight is 337 g/mol. The third kappa shape index (κ3) is 3.82. The summed E-state index contributed by atoms with van der Waals surface area (Å²) in [6.07, 6.45) is 1.83. The minimum absolute atomic E-state index is 0.0112. The molecule has 1 aromatic carbocycles. The maximum Gasteiger partial charge on any atom is 0.319 e. The molecule has 0 aromatic heterocycles. The van der Waals surface area contributed by atoms with Gasteiger partial charge in [0.2, 0.25) is 5.91 Å². The van der Waals surface area contributed by atoms with Crippen LogP contribution in [0.5, 0.6) is 0 Å². The SMILES string of the molecule is O=C(Nc1cccc(N2CCCC2=O)c1)N[C@@H]1CCS(=O)(=O)C1. The molecule has 2 heterocycles. The third-order valence-electron chi connectivity index (χ3n) is 4.06. The number of amides is 3. The lowest BCUT2D eigenvalue weighted by Gasteiger charge is -2.17. The number of carbonyl (C=O) groups is 2. The Morgan fingerprint density at radius 3 is 2.78 bits per heavy atom. The number of nitrogens with one attached hydrogen (secondary N) is 2. The topological polar surface area (TPSA) is 95.6 Å². The number of anilines is 2. The lowest BCUT2D eigenvalue weighted by molar-refractivity contribution is -0.117. The molecule has 0 spiro atoms. The Hall–Kier alpha value is -2.09. The first-order valence-corrected chi connectivity index (χ1v) is 9.43. The van der Waals surface area contributed by atoms with E-state index in [1.54, 1.807) is 23.1 Å². The maximum atomic E-state index is 12.0. The Labute approximate surface area is 135 Å². The largest absolute Gasteiger partial charge is 0.334 e. The lowest BCUT2D eigenvalue weighted by Crippen LogP contribution is -2.38. The van der Waals surface area contributed by atoms with Gasteiger partial charge in [-0.3, -0.25) is 4.79 Å². The first-order valence-electron chi connectivity index (χ1n) is 7.61. The molecule has 7 nitrogen and oxygen atoms in total.